The lowest BCUT2D eigenvalue weighted by Crippen LogP contribution is -2.16. The molecule has 0 nitrogen and oxygen atoms in total. The highest BCUT2D eigenvalue weighted by molar-refractivity contribution is 7.98. The first-order chi connectivity index (χ1) is 6.36. The molecule has 1 aromatic carbocycles. The number of thioether (sulfide) groups is 1. The molecule has 0 N–H and O–H groups in total. The molecule has 0 spiro atoms. The van der Waals surface area contributed by atoms with E-state index in [-0.39, 0.29) is 5.56 Å². The second-order valence-electron chi connectivity index (χ2n) is 4.22. The van der Waals surface area contributed by atoms with Crippen molar-refractivity contribution in [3.05, 3.63) is 29.3 Å². The maximum atomic E-state index is 13.5. The maximum Gasteiger partial charge on any atom is 0.130 e. The molecule has 1 aromatic rings. The Labute approximate surface area is 87.7 Å². The largest absolute Gasteiger partial charge is 0.207 e. The molecular weight excluding hydrogens is 202 g/mol. The van der Waals surface area contributed by atoms with Crippen LogP contribution in [0.15, 0.2) is 17.0 Å². The van der Waals surface area contributed by atoms with Gasteiger partial charge in [0.1, 0.15) is 11.6 Å². The molecule has 0 radical (unpaired) electrons. The van der Waals surface area contributed by atoms with Gasteiger partial charge in [0, 0.05) is 10.5 Å². The lowest BCUT2D eigenvalue weighted by molar-refractivity contribution is 0.472. The van der Waals surface area contributed by atoms with Gasteiger partial charge in [0.15, 0.2) is 0 Å². The van der Waals surface area contributed by atoms with E-state index in [4.69, 9.17) is 0 Å². The minimum absolute atomic E-state index is 0.162. The molecule has 0 atom stereocenters. The highest BCUT2D eigenvalue weighted by Crippen LogP contribution is 2.30. The number of rotatable bonds is 1. The number of benzene rings is 1. The highest BCUT2D eigenvalue weighted by Gasteiger charge is 2.23. The summed E-state index contributed by atoms with van der Waals surface area (Å²) in [4.78, 5) is 0.619. The molecule has 0 saturated carbocycles. The summed E-state index contributed by atoms with van der Waals surface area (Å²) in [5, 5.41) is 0. The Morgan fingerprint density at radius 3 is 1.79 bits per heavy atom. The first kappa shape index (κ1) is 11.5. The summed E-state index contributed by atoms with van der Waals surface area (Å²) >= 11 is 1.34. The zero-order valence-corrected chi connectivity index (χ0v) is 9.64. The van der Waals surface area contributed by atoms with Crippen molar-refractivity contribution in [1.29, 1.82) is 0 Å². The molecule has 0 aliphatic carbocycles. The summed E-state index contributed by atoms with van der Waals surface area (Å²) in [6.07, 6.45) is 1.80. The zero-order chi connectivity index (χ0) is 10.9. The van der Waals surface area contributed by atoms with Crippen molar-refractivity contribution in [3.8, 4) is 0 Å². The van der Waals surface area contributed by atoms with Crippen LogP contribution in [-0.4, -0.2) is 6.26 Å². The van der Waals surface area contributed by atoms with Gasteiger partial charge in [-0.25, -0.2) is 8.78 Å². The Bertz CT molecular complexity index is 317. The van der Waals surface area contributed by atoms with E-state index < -0.39 is 17.0 Å². The Morgan fingerprint density at radius 1 is 1.07 bits per heavy atom. The smallest absolute Gasteiger partial charge is 0.130 e. The molecule has 1 rings (SSSR count). The van der Waals surface area contributed by atoms with E-state index in [0.717, 1.165) is 0 Å². The average molecular weight is 216 g/mol. The van der Waals surface area contributed by atoms with Gasteiger partial charge >= 0.3 is 0 Å². The van der Waals surface area contributed by atoms with Crippen molar-refractivity contribution >= 4 is 11.8 Å². The van der Waals surface area contributed by atoms with E-state index in [1.807, 2.05) is 0 Å². The SMILES string of the molecule is CSc1cc(F)c(C(C)(C)C)c(F)c1. The van der Waals surface area contributed by atoms with Crippen LogP contribution in [0.5, 0.6) is 0 Å². The van der Waals surface area contributed by atoms with Crippen molar-refractivity contribution in [3.63, 3.8) is 0 Å². The summed E-state index contributed by atoms with van der Waals surface area (Å²) in [7, 11) is 0. The van der Waals surface area contributed by atoms with E-state index in [9.17, 15) is 8.78 Å². The fourth-order valence-electron chi connectivity index (χ4n) is 1.38. The first-order valence-electron chi connectivity index (χ1n) is 4.40. The Morgan fingerprint density at radius 2 is 1.50 bits per heavy atom. The molecule has 0 bridgehead atoms. The lowest BCUT2D eigenvalue weighted by atomic mass is 9.86. The van der Waals surface area contributed by atoms with E-state index in [1.165, 1.54) is 23.9 Å². The van der Waals surface area contributed by atoms with E-state index in [2.05, 4.69) is 0 Å². The molecule has 0 fully saturated rings. The standard InChI is InChI=1S/C11H14F2S/c1-11(2,3)10-8(12)5-7(14-4)6-9(10)13/h5-6H,1-4H3. The summed E-state index contributed by atoms with van der Waals surface area (Å²) in [5.41, 5.74) is -0.333. The van der Waals surface area contributed by atoms with Gasteiger partial charge in [-0.05, 0) is 23.8 Å². The van der Waals surface area contributed by atoms with Crippen LogP contribution in [0.3, 0.4) is 0 Å². The third kappa shape index (κ3) is 2.27. The lowest BCUT2D eigenvalue weighted by Gasteiger charge is -2.20. The summed E-state index contributed by atoms with van der Waals surface area (Å²) in [6.45, 7) is 5.40. The maximum absolute atomic E-state index is 13.5. The van der Waals surface area contributed by atoms with Crippen molar-refractivity contribution in [2.45, 2.75) is 31.1 Å². The second-order valence-corrected chi connectivity index (χ2v) is 5.10. The van der Waals surface area contributed by atoms with Gasteiger partial charge in [0.05, 0.1) is 0 Å². The minimum Gasteiger partial charge on any atom is -0.207 e. The van der Waals surface area contributed by atoms with Crippen LogP contribution < -0.4 is 0 Å². The normalized spacial score (nSPS) is 11.9. The van der Waals surface area contributed by atoms with Crippen LogP contribution in [0.1, 0.15) is 26.3 Å². The fourth-order valence-corrected chi connectivity index (χ4v) is 1.83. The van der Waals surface area contributed by atoms with Crippen molar-refractivity contribution in [2.75, 3.05) is 6.26 Å². The fraction of sp³-hybridized carbons (Fsp3) is 0.455. The molecule has 78 valence electrons. The third-order valence-corrected chi connectivity index (χ3v) is 2.71. The van der Waals surface area contributed by atoms with E-state index in [1.54, 1.807) is 27.0 Å². The van der Waals surface area contributed by atoms with E-state index >= 15 is 0 Å². The molecular formula is C11H14F2S. The molecule has 0 aromatic heterocycles. The molecule has 14 heavy (non-hydrogen) atoms. The zero-order valence-electron chi connectivity index (χ0n) is 8.82. The predicted molar refractivity (Wildman–Crippen MR) is 56.8 cm³/mol. The molecule has 0 saturated heterocycles. The van der Waals surface area contributed by atoms with Crippen LogP contribution in [0.25, 0.3) is 0 Å². The van der Waals surface area contributed by atoms with Gasteiger partial charge < -0.3 is 0 Å². The topological polar surface area (TPSA) is 0 Å². The summed E-state index contributed by atoms with van der Waals surface area (Å²) < 4.78 is 27.1. The number of hydrogen-bond donors (Lipinski definition) is 0. The second kappa shape index (κ2) is 3.89. The van der Waals surface area contributed by atoms with Crippen LogP contribution in [0.4, 0.5) is 8.78 Å². The number of halogens is 2. The van der Waals surface area contributed by atoms with Crippen LogP contribution in [0.2, 0.25) is 0 Å². The van der Waals surface area contributed by atoms with Gasteiger partial charge in [-0.3, -0.25) is 0 Å². The predicted octanol–water partition coefficient (Wildman–Crippen LogP) is 3.98. The van der Waals surface area contributed by atoms with Gasteiger partial charge in [0.25, 0.3) is 0 Å². The minimum atomic E-state index is -0.495. The van der Waals surface area contributed by atoms with Crippen molar-refractivity contribution in [1.82, 2.24) is 0 Å². The highest BCUT2D eigenvalue weighted by atomic mass is 32.2. The van der Waals surface area contributed by atoms with Crippen LogP contribution in [0, 0.1) is 11.6 Å². The molecule has 3 heteroatoms. The van der Waals surface area contributed by atoms with Crippen LogP contribution in [-0.2, 0) is 5.41 Å². The molecule has 0 heterocycles. The van der Waals surface area contributed by atoms with Gasteiger partial charge in [-0.15, -0.1) is 11.8 Å². The molecule has 0 unspecified atom stereocenters. The molecule has 0 aliphatic heterocycles. The van der Waals surface area contributed by atoms with Gasteiger partial charge in [-0.2, -0.15) is 0 Å². The Hall–Kier alpha value is -0.570. The molecule has 0 amide bonds. The van der Waals surface area contributed by atoms with Crippen molar-refractivity contribution < 1.29 is 8.78 Å². The third-order valence-electron chi connectivity index (χ3n) is 2.00. The quantitative estimate of drug-likeness (QED) is 0.640. The molecule has 0 aliphatic rings. The van der Waals surface area contributed by atoms with Gasteiger partial charge in [0.2, 0.25) is 0 Å². The van der Waals surface area contributed by atoms with Crippen LogP contribution >= 0.6 is 11.8 Å². The summed E-state index contributed by atoms with van der Waals surface area (Å²) in [5.74, 6) is -0.913. The Balaban J connectivity index is 3.33. The summed E-state index contributed by atoms with van der Waals surface area (Å²) in [6, 6.07) is 2.77. The monoisotopic (exact) mass is 216 g/mol. The number of hydrogen-bond acceptors (Lipinski definition) is 1. The van der Waals surface area contributed by atoms with E-state index in [0.29, 0.717) is 4.90 Å². The Kier molecular flexibility index (Phi) is 3.20. The average Bonchev–Trinajstić information content (AvgIpc) is 1.99. The van der Waals surface area contributed by atoms with Gasteiger partial charge in [-0.1, -0.05) is 20.8 Å². The first-order valence-corrected chi connectivity index (χ1v) is 5.62. The van der Waals surface area contributed by atoms with Crippen molar-refractivity contribution in [2.24, 2.45) is 0 Å².